The SMILES string of the molecule is N#C/C(=C/c1ccc(-c2cccc(Br)c2)o1)c1ccc2ccccc2c1. The minimum Gasteiger partial charge on any atom is -0.457 e. The van der Waals surface area contributed by atoms with Crippen LogP contribution in [0.1, 0.15) is 11.3 Å². The summed E-state index contributed by atoms with van der Waals surface area (Å²) in [5.74, 6) is 1.43. The Kier molecular flexibility index (Phi) is 4.43. The van der Waals surface area contributed by atoms with Crippen LogP contribution in [-0.4, -0.2) is 0 Å². The fourth-order valence-electron chi connectivity index (χ4n) is 2.91. The topological polar surface area (TPSA) is 36.9 Å². The van der Waals surface area contributed by atoms with Gasteiger partial charge in [0.25, 0.3) is 0 Å². The zero-order chi connectivity index (χ0) is 17.9. The molecular formula is C23H14BrNO. The fraction of sp³-hybridized carbons (Fsp3) is 0. The highest BCUT2D eigenvalue weighted by molar-refractivity contribution is 9.10. The third-order valence-electron chi connectivity index (χ3n) is 4.20. The molecule has 0 atom stereocenters. The van der Waals surface area contributed by atoms with E-state index >= 15 is 0 Å². The van der Waals surface area contributed by atoms with Gasteiger partial charge in [0.05, 0.1) is 11.6 Å². The normalized spacial score (nSPS) is 11.5. The molecule has 0 bridgehead atoms. The quantitative estimate of drug-likeness (QED) is 0.350. The lowest BCUT2D eigenvalue weighted by molar-refractivity contribution is 0.572. The molecule has 4 rings (SSSR count). The first kappa shape index (κ1) is 16.4. The van der Waals surface area contributed by atoms with E-state index in [1.807, 2.05) is 72.8 Å². The average molecular weight is 400 g/mol. The Labute approximate surface area is 160 Å². The lowest BCUT2D eigenvalue weighted by atomic mass is 10.0. The van der Waals surface area contributed by atoms with Crippen LogP contribution in [0.15, 0.2) is 87.8 Å². The van der Waals surface area contributed by atoms with Gasteiger partial charge in [0.15, 0.2) is 0 Å². The first-order valence-electron chi connectivity index (χ1n) is 8.20. The van der Waals surface area contributed by atoms with Crippen molar-refractivity contribution in [1.29, 1.82) is 5.26 Å². The molecule has 3 heteroatoms. The van der Waals surface area contributed by atoms with Gasteiger partial charge in [-0.25, -0.2) is 0 Å². The minimum atomic E-state index is 0.575. The summed E-state index contributed by atoms with van der Waals surface area (Å²) in [6.45, 7) is 0. The Hall–Kier alpha value is -3.09. The molecule has 0 saturated heterocycles. The van der Waals surface area contributed by atoms with Crippen LogP contribution in [0.25, 0.3) is 33.7 Å². The molecule has 4 aromatic rings. The summed E-state index contributed by atoms with van der Waals surface area (Å²) in [7, 11) is 0. The van der Waals surface area contributed by atoms with Crippen LogP contribution >= 0.6 is 15.9 Å². The molecule has 3 aromatic carbocycles. The van der Waals surface area contributed by atoms with Crippen molar-refractivity contribution in [2.75, 3.05) is 0 Å². The van der Waals surface area contributed by atoms with Crippen LogP contribution in [0.2, 0.25) is 0 Å². The molecule has 124 valence electrons. The van der Waals surface area contributed by atoms with Crippen LogP contribution in [0.5, 0.6) is 0 Å². The van der Waals surface area contributed by atoms with Crippen LogP contribution in [0, 0.1) is 11.3 Å². The van der Waals surface area contributed by atoms with Gasteiger partial charge in [0.1, 0.15) is 11.5 Å². The second kappa shape index (κ2) is 7.03. The van der Waals surface area contributed by atoms with Crippen molar-refractivity contribution >= 4 is 38.4 Å². The summed E-state index contributed by atoms with van der Waals surface area (Å²) in [6.07, 6.45) is 1.78. The predicted octanol–water partition coefficient (Wildman–Crippen LogP) is 6.93. The van der Waals surface area contributed by atoms with Gasteiger partial charge in [-0.05, 0) is 52.7 Å². The molecule has 0 saturated carbocycles. The molecule has 0 aliphatic carbocycles. The number of hydrogen-bond acceptors (Lipinski definition) is 2. The number of fused-ring (bicyclic) bond motifs is 1. The Balaban J connectivity index is 1.70. The van der Waals surface area contributed by atoms with Crippen LogP contribution in [0.4, 0.5) is 0 Å². The zero-order valence-corrected chi connectivity index (χ0v) is 15.4. The maximum atomic E-state index is 9.61. The number of benzene rings is 3. The molecule has 0 N–H and O–H groups in total. The van der Waals surface area contributed by atoms with Gasteiger partial charge in [-0.1, -0.05) is 64.5 Å². The predicted molar refractivity (Wildman–Crippen MR) is 109 cm³/mol. The molecule has 1 heterocycles. The van der Waals surface area contributed by atoms with E-state index < -0.39 is 0 Å². The molecular weight excluding hydrogens is 386 g/mol. The van der Waals surface area contributed by atoms with Crippen molar-refractivity contribution in [3.05, 3.63) is 94.7 Å². The summed E-state index contributed by atoms with van der Waals surface area (Å²) in [5.41, 5.74) is 2.45. The summed E-state index contributed by atoms with van der Waals surface area (Å²) in [6, 6.07) is 28.2. The minimum absolute atomic E-state index is 0.575. The number of furan rings is 1. The monoisotopic (exact) mass is 399 g/mol. The third-order valence-corrected chi connectivity index (χ3v) is 4.70. The number of rotatable bonds is 3. The molecule has 1 aromatic heterocycles. The Morgan fingerprint density at radius 3 is 2.54 bits per heavy atom. The van der Waals surface area contributed by atoms with Gasteiger partial charge in [0, 0.05) is 10.0 Å². The highest BCUT2D eigenvalue weighted by Gasteiger charge is 2.07. The van der Waals surface area contributed by atoms with Gasteiger partial charge in [-0.15, -0.1) is 0 Å². The number of allylic oxidation sites excluding steroid dienone is 1. The first-order valence-corrected chi connectivity index (χ1v) is 8.99. The fourth-order valence-corrected chi connectivity index (χ4v) is 3.31. The number of halogens is 1. The molecule has 0 unspecified atom stereocenters. The maximum Gasteiger partial charge on any atom is 0.134 e. The standard InChI is InChI=1S/C23H14BrNO/c24-21-7-3-6-19(13-21)23-11-10-22(26-23)14-20(15-25)18-9-8-16-4-1-2-5-17(16)12-18/h1-14H/b20-14-. The molecule has 0 fully saturated rings. The van der Waals surface area contributed by atoms with Crippen LogP contribution < -0.4 is 0 Å². The van der Waals surface area contributed by atoms with Gasteiger partial charge in [0.2, 0.25) is 0 Å². The summed E-state index contributed by atoms with van der Waals surface area (Å²) < 4.78 is 6.92. The third kappa shape index (κ3) is 3.33. The van der Waals surface area contributed by atoms with E-state index in [-0.39, 0.29) is 0 Å². The van der Waals surface area contributed by atoms with E-state index in [0.717, 1.165) is 32.1 Å². The highest BCUT2D eigenvalue weighted by Crippen LogP contribution is 2.28. The first-order chi connectivity index (χ1) is 12.7. The number of nitriles is 1. The Morgan fingerprint density at radius 2 is 1.73 bits per heavy atom. The van der Waals surface area contributed by atoms with E-state index in [2.05, 4.69) is 28.1 Å². The van der Waals surface area contributed by atoms with Crippen molar-refractivity contribution in [3.63, 3.8) is 0 Å². The molecule has 26 heavy (non-hydrogen) atoms. The van der Waals surface area contributed by atoms with Crippen molar-refractivity contribution in [2.45, 2.75) is 0 Å². The van der Waals surface area contributed by atoms with E-state index in [1.54, 1.807) is 6.08 Å². The second-order valence-corrected chi connectivity index (χ2v) is 6.86. The molecule has 0 amide bonds. The Bertz CT molecular complexity index is 1160. The van der Waals surface area contributed by atoms with Crippen molar-refractivity contribution in [1.82, 2.24) is 0 Å². The van der Waals surface area contributed by atoms with Gasteiger partial charge < -0.3 is 4.42 Å². The lowest BCUT2D eigenvalue weighted by Crippen LogP contribution is -1.82. The molecule has 0 radical (unpaired) electrons. The highest BCUT2D eigenvalue weighted by atomic mass is 79.9. The average Bonchev–Trinajstić information content (AvgIpc) is 3.14. The lowest BCUT2D eigenvalue weighted by Gasteiger charge is -2.02. The maximum absolute atomic E-state index is 9.61. The van der Waals surface area contributed by atoms with Crippen molar-refractivity contribution in [3.8, 4) is 17.4 Å². The van der Waals surface area contributed by atoms with Crippen molar-refractivity contribution in [2.24, 2.45) is 0 Å². The van der Waals surface area contributed by atoms with E-state index in [0.29, 0.717) is 11.3 Å². The summed E-state index contributed by atoms with van der Waals surface area (Å²) in [5, 5.41) is 11.9. The molecule has 2 nitrogen and oxygen atoms in total. The summed E-state index contributed by atoms with van der Waals surface area (Å²) >= 11 is 3.47. The zero-order valence-electron chi connectivity index (χ0n) is 13.8. The van der Waals surface area contributed by atoms with Gasteiger partial charge in [-0.2, -0.15) is 5.26 Å². The van der Waals surface area contributed by atoms with Gasteiger partial charge in [-0.3, -0.25) is 0 Å². The molecule has 0 spiro atoms. The van der Waals surface area contributed by atoms with E-state index in [9.17, 15) is 5.26 Å². The summed E-state index contributed by atoms with van der Waals surface area (Å²) in [4.78, 5) is 0. The van der Waals surface area contributed by atoms with Crippen LogP contribution in [-0.2, 0) is 0 Å². The number of nitrogens with zero attached hydrogens (tertiary/aromatic N) is 1. The largest absolute Gasteiger partial charge is 0.457 e. The van der Waals surface area contributed by atoms with E-state index in [4.69, 9.17) is 4.42 Å². The van der Waals surface area contributed by atoms with E-state index in [1.165, 1.54) is 0 Å². The number of hydrogen-bond donors (Lipinski definition) is 0. The molecule has 0 aliphatic heterocycles. The van der Waals surface area contributed by atoms with Crippen molar-refractivity contribution < 1.29 is 4.42 Å². The van der Waals surface area contributed by atoms with Crippen LogP contribution in [0.3, 0.4) is 0 Å². The second-order valence-electron chi connectivity index (χ2n) is 5.94. The molecule has 0 aliphatic rings. The van der Waals surface area contributed by atoms with Gasteiger partial charge >= 0.3 is 0 Å². The smallest absolute Gasteiger partial charge is 0.134 e. The Morgan fingerprint density at radius 1 is 0.885 bits per heavy atom.